The molecule has 0 spiro atoms. The second-order valence-electron chi connectivity index (χ2n) is 8.36. The molecular weight excluding hydrogens is 320 g/mol. The smallest absolute Gasteiger partial charge is 0.224 e. The number of nitrogens with zero attached hydrogens (tertiary/aromatic N) is 1. The molecule has 2 bridgehead atoms. The Morgan fingerprint density at radius 2 is 1.81 bits per heavy atom. The molecule has 3 atom stereocenters. The van der Waals surface area contributed by atoms with Gasteiger partial charge in [-0.3, -0.25) is 4.79 Å². The summed E-state index contributed by atoms with van der Waals surface area (Å²) in [5, 5.41) is 3.15. The van der Waals surface area contributed by atoms with Gasteiger partial charge in [-0.15, -0.1) is 0 Å². The van der Waals surface area contributed by atoms with E-state index in [1.54, 1.807) is 0 Å². The standard InChI is InChI=1S/C23H26N2O/c26-23(12-20-11-16-8-9-17(20)10-16)24-21-6-3-7-22(13-21)25-14-18-4-1-2-5-19(18)15-25/h1-7,13,16-17,20H,8-12,14-15H2,(H,24,26)/t16-,17-,20-/m0/s1. The summed E-state index contributed by atoms with van der Waals surface area (Å²) in [5.41, 5.74) is 4.90. The molecule has 134 valence electrons. The Morgan fingerprint density at radius 1 is 1.00 bits per heavy atom. The maximum atomic E-state index is 12.5. The van der Waals surface area contributed by atoms with Gasteiger partial charge in [-0.2, -0.15) is 0 Å². The molecule has 1 N–H and O–H groups in total. The first-order chi connectivity index (χ1) is 12.7. The normalized spacial score (nSPS) is 26.2. The van der Waals surface area contributed by atoms with Crippen molar-refractivity contribution >= 4 is 17.3 Å². The van der Waals surface area contributed by atoms with Crippen LogP contribution in [0.3, 0.4) is 0 Å². The molecule has 2 aromatic rings. The Bertz CT molecular complexity index is 805. The SMILES string of the molecule is O=C(C[C@@H]1C[C@H]2CC[C@H]1C2)Nc1cccc(N2Cc3ccccc3C2)c1. The fourth-order valence-electron chi connectivity index (χ4n) is 5.37. The van der Waals surface area contributed by atoms with E-state index in [1.165, 1.54) is 42.5 Å². The van der Waals surface area contributed by atoms with Crippen LogP contribution in [0.25, 0.3) is 0 Å². The molecule has 0 radical (unpaired) electrons. The van der Waals surface area contributed by atoms with Crippen molar-refractivity contribution in [3.05, 3.63) is 59.7 Å². The van der Waals surface area contributed by atoms with Gasteiger partial charge in [-0.1, -0.05) is 36.8 Å². The van der Waals surface area contributed by atoms with Crippen molar-refractivity contribution in [2.24, 2.45) is 17.8 Å². The van der Waals surface area contributed by atoms with Gasteiger partial charge in [0.25, 0.3) is 0 Å². The van der Waals surface area contributed by atoms with Crippen LogP contribution in [-0.2, 0) is 17.9 Å². The fraction of sp³-hybridized carbons (Fsp3) is 0.435. The van der Waals surface area contributed by atoms with E-state index in [2.05, 4.69) is 46.6 Å². The lowest BCUT2D eigenvalue weighted by Crippen LogP contribution is -2.20. The molecule has 0 saturated heterocycles. The minimum absolute atomic E-state index is 0.185. The number of carbonyl (C=O) groups excluding carboxylic acids is 1. The highest BCUT2D eigenvalue weighted by atomic mass is 16.1. The van der Waals surface area contributed by atoms with E-state index in [9.17, 15) is 4.79 Å². The molecule has 2 saturated carbocycles. The average molecular weight is 346 g/mol. The zero-order valence-corrected chi connectivity index (χ0v) is 15.2. The third kappa shape index (κ3) is 3.00. The third-order valence-electron chi connectivity index (χ3n) is 6.67. The van der Waals surface area contributed by atoms with Crippen molar-refractivity contribution in [3.63, 3.8) is 0 Å². The number of anilines is 2. The molecule has 1 aliphatic heterocycles. The molecule has 1 amide bonds. The van der Waals surface area contributed by atoms with E-state index >= 15 is 0 Å². The van der Waals surface area contributed by atoms with Crippen LogP contribution in [0, 0.1) is 17.8 Å². The largest absolute Gasteiger partial charge is 0.363 e. The predicted octanol–water partition coefficient (Wildman–Crippen LogP) is 4.97. The highest BCUT2D eigenvalue weighted by molar-refractivity contribution is 5.91. The predicted molar refractivity (Wildman–Crippen MR) is 105 cm³/mol. The molecule has 2 aliphatic carbocycles. The average Bonchev–Trinajstić information content (AvgIpc) is 3.36. The molecule has 26 heavy (non-hydrogen) atoms. The zero-order chi connectivity index (χ0) is 17.5. The molecule has 3 heteroatoms. The van der Waals surface area contributed by atoms with E-state index in [0.29, 0.717) is 12.3 Å². The van der Waals surface area contributed by atoms with Crippen molar-refractivity contribution in [1.29, 1.82) is 0 Å². The first-order valence-electron chi connectivity index (χ1n) is 9.96. The lowest BCUT2D eigenvalue weighted by atomic mass is 9.86. The topological polar surface area (TPSA) is 32.3 Å². The Balaban J connectivity index is 1.23. The van der Waals surface area contributed by atoms with Crippen molar-refractivity contribution in [2.75, 3.05) is 10.2 Å². The summed E-state index contributed by atoms with van der Waals surface area (Å²) in [4.78, 5) is 14.9. The maximum Gasteiger partial charge on any atom is 0.224 e. The molecule has 0 unspecified atom stereocenters. The van der Waals surface area contributed by atoms with E-state index in [0.717, 1.165) is 30.6 Å². The van der Waals surface area contributed by atoms with Gasteiger partial charge in [0.05, 0.1) is 0 Å². The molecule has 3 nitrogen and oxygen atoms in total. The highest BCUT2D eigenvalue weighted by Gasteiger charge is 2.40. The van der Waals surface area contributed by atoms with Gasteiger partial charge in [0.15, 0.2) is 0 Å². The molecule has 3 aliphatic rings. The fourth-order valence-corrected chi connectivity index (χ4v) is 5.37. The number of fused-ring (bicyclic) bond motifs is 3. The van der Waals surface area contributed by atoms with Gasteiger partial charge < -0.3 is 10.2 Å². The minimum Gasteiger partial charge on any atom is -0.363 e. The summed E-state index contributed by atoms with van der Waals surface area (Å²) in [5.74, 6) is 2.51. The molecule has 5 rings (SSSR count). The van der Waals surface area contributed by atoms with Crippen LogP contribution in [0.2, 0.25) is 0 Å². The molecule has 2 fully saturated rings. The van der Waals surface area contributed by atoms with Crippen LogP contribution in [-0.4, -0.2) is 5.91 Å². The van der Waals surface area contributed by atoms with E-state index in [-0.39, 0.29) is 5.91 Å². The monoisotopic (exact) mass is 346 g/mol. The Labute approximate surface area is 155 Å². The highest BCUT2D eigenvalue weighted by Crippen LogP contribution is 2.49. The summed E-state index contributed by atoms with van der Waals surface area (Å²) >= 11 is 0. The van der Waals surface area contributed by atoms with Crippen molar-refractivity contribution in [3.8, 4) is 0 Å². The van der Waals surface area contributed by atoms with Gasteiger partial charge >= 0.3 is 0 Å². The van der Waals surface area contributed by atoms with Crippen LogP contribution >= 0.6 is 0 Å². The number of benzene rings is 2. The minimum atomic E-state index is 0.185. The van der Waals surface area contributed by atoms with E-state index < -0.39 is 0 Å². The first-order valence-corrected chi connectivity index (χ1v) is 9.96. The van der Waals surface area contributed by atoms with Crippen LogP contribution in [0.1, 0.15) is 43.2 Å². The third-order valence-corrected chi connectivity index (χ3v) is 6.67. The first kappa shape index (κ1) is 15.9. The van der Waals surface area contributed by atoms with Gasteiger partial charge in [0.1, 0.15) is 0 Å². The van der Waals surface area contributed by atoms with Crippen LogP contribution in [0.5, 0.6) is 0 Å². The number of rotatable bonds is 4. The number of amides is 1. The van der Waals surface area contributed by atoms with Gasteiger partial charge in [-0.25, -0.2) is 0 Å². The quantitative estimate of drug-likeness (QED) is 0.847. The Kier molecular flexibility index (Phi) is 3.96. The van der Waals surface area contributed by atoms with Gasteiger partial charge in [0, 0.05) is 30.9 Å². The van der Waals surface area contributed by atoms with Crippen LogP contribution < -0.4 is 10.2 Å². The number of hydrogen-bond acceptors (Lipinski definition) is 2. The number of hydrogen-bond donors (Lipinski definition) is 1. The summed E-state index contributed by atoms with van der Waals surface area (Å²) in [6, 6.07) is 16.9. The summed E-state index contributed by atoms with van der Waals surface area (Å²) < 4.78 is 0. The van der Waals surface area contributed by atoms with Gasteiger partial charge in [-0.05, 0) is 66.3 Å². The second kappa shape index (κ2) is 6.46. The summed E-state index contributed by atoms with van der Waals surface area (Å²) in [7, 11) is 0. The summed E-state index contributed by atoms with van der Waals surface area (Å²) in [6.07, 6.45) is 6.06. The maximum absolute atomic E-state index is 12.5. The van der Waals surface area contributed by atoms with Crippen molar-refractivity contribution in [2.45, 2.75) is 45.2 Å². The zero-order valence-electron chi connectivity index (χ0n) is 15.2. The lowest BCUT2D eigenvalue weighted by molar-refractivity contribution is -0.117. The molecule has 0 aromatic heterocycles. The van der Waals surface area contributed by atoms with Gasteiger partial charge in [0.2, 0.25) is 5.91 Å². The Morgan fingerprint density at radius 3 is 2.50 bits per heavy atom. The lowest BCUT2D eigenvalue weighted by Gasteiger charge is -2.21. The Hall–Kier alpha value is -2.29. The van der Waals surface area contributed by atoms with Crippen LogP contribution in [0.15, 0.2) is 48.5 Å². The van der Waals surface area contributed by atoms with Crippen molar-refractivity contribution < 1.29 is 4.79 Å². The van der Waals surface area contributed by atoms with E-state index in [1.807, 2.05) is 12.1 Å². The summed E-state index contributed by atoms with van der Waals surface area (Å²) in [6.45, 7) is 1.89. The number of carbonyl (C=O) groups is 1. The number of nitrogens with one attached hydrogen (secondary N) is 1. The van der Waals surface area contributed by atoms with Crippen molar-refractivity contribution in [1.82, 2.24) is 0 Å². The molecule has 1 heterocycles. The molecular formula is C23H26N2O. The van der Waals surface area contributed by atoms with Crippen LogP contribution in [0.4, 0.5) is 11.4 Å². The molecule has 2 aromatic carbocycles. The second-order valence-corrected chi connectivity index (χ2v) is 8.36. The van der Waals surface area contributed by atoms with E-state index in [4.69, 9.17) is 0 Å².